The van der Waals surface area contributed by atoms with Crippen molar-refractivity contribution in [1.29, 1.82) is 0 Å². The van der Waals surface area contributed by atoms with E-state index in [1.165, 1.54) is 24.3 Å². The molecule has 0 bridgehead atoms. The van der Waals surface area contributed by atoms with E-state index in [-0.39, 0.29) is 11.7 Å². The Labute approximate surface area is 141 Å². The van der Waals surface area contributed by atoms with Gasteiger partial charge in [-0.05, 0) is 12.1 Å². The van der Waals surface area contributed by atoms with Gasteiger partial charge in [-0.2, -0.15) is 0 Å². The van der Waals surface area contributed by atoms with Crippen molar-refractivity contribution in [2.45, 2.75) is 13.3 Å². The number of Topliss-reactive ketones (excluding diaryl/α,β-unsaturated/α-hetero) is 1. The van der Waals surface area contributed by atoms with Crippen LogP contribution in [0.1, 0.15) is 34.2 Å². The van der Waals surface area contributed by atoms with Crippen molar-refractivity contribution in [3.8, 4) is 11.5 Å². The molecule has 0 saturated heterocycles. The lowest BCUT2D eigenvalue weighted by Gasteiger charge is -2.11. The largest absolute Gasteiger partial charge is 0.489 e. The SMILES string of the molecule is CC(=O)c1csc(NC(=O)c2cc(Cl)c3c(c2)OCCCO3)n1. The number of carbonyl (C=O) groups excluding carboxylic acids is 2. The molecule has 23 heavy (non-hydrogen) atoms. The number of rotatable bonds is 3. The Morgan fingerprint density at radius 1 is 1.30 bits per heavy atom. The molecule has 0 radical (unpaired) electrons. The predicted octanol–water partition coefficient (Wildman–Crippen LogP) is 3.41. The third-order valence-electron chi connectivity index (χ3n) is 3.15. The molecule has 0 spiro atoms. The Bertz CT molecular complexity index is 775. The molecule has 0 saturated carbocycles. The van der Waals surface area contributed by atoms with Crippen molar-refractivity contribution in [2.24, 2.45) is 0 Å². The summed E-state index contributed by atoms with van der Waals surface area (Å²) in [6.07, 6.45) is 0.749. The highest BCUT2D eigenvalue weighted by molar-refractivity contribution is 7.14. The van der Waals surface area contributed by atoms with Gasteiger partial charge in [0.25, 0.3) is 5.91 Å². The fraction of sp³-hybridized carbons (Fsp3) is 0.267. The normalized spacial score (nSPS) is 13.3. The van der Waals surface area contributed by atoms with Gasteiger partial charge in [0.2, 0.25) is 0 Å². The molecule has 0 aliphatic carbocycles. The highest BCUT2D eigenvalue weighted by Gasteiger charge is 2.19. The van der Waals surface area contributed by atoms with Gasteiger partial charge in [0, 0.05) is 24.3 Å². The smallest absolute Gasteiger partial charge is 0.257 e. The molecule has 2 heterocycles. The maximum atomic E-state index is 12.3. The minimum absolute atomic E-state index is 0.152. The first-order chi connectivity index (χ1) is 11.0. The monoisotopic (exact) mass is 352 g/mol. The van der Waals surface area contributed by atoms with Crippen LogP contribution in [0.5, 0.6) is 11.5 Å². The van der Waals surface area contributed by atoms with Gasteiger partial charge in [-0.3, -0.25) is 14.9 Å². The fourth-order valence-corrected chi connectivity index (χ4v) is 3.03. The number of aromatic nitrogens is 1. The number of hydrogen-bond acceptors (Lipinski definition) is 6. The van der Waals surface area contributed by atoms with Crippen molar-refractivity contribution < 1.29 is 19.1 Å². The minimum Gasteiger partial charge on any atom is -0.489 e. The topological polar surface area (TPSA) is 77.5 Å². The molecular weight excluding hydrogens is 340 g/mol. The summed E-state index contributed by atoms with van der Waals surface area (Å²) in [4.78, 5) is 27.6. The molecule has 2 aromatic rings. The van der Waals surface area contributed by atoms with Crippen molar-refractivity contribution in [3.05, 3.63) is 33.8 Å². The van der Waals surface area contributed by atoms with Crippen LogP contribution in [0, 0.1) is 0 Å². The number of fused-ring (bicyclic) bond motifs is 1. The van der Waals surface area contributed by atoms with E-state index in [0.29, 0.717) is 46.1 Å². The van der Waals surface area contributed by atoms with Crippen LogP contribution >= 0.6 is 22.9 Å². The van der Waals surface area contributed by atoms with Gasteiger partial charge in [-0.1, -0.05) is 11.6 Å². The zero-order valence-electron chi connectivity index (χ0n) is 12.2. The number of thiazole rings is 1. The summed E-state index contributed by atoms with van der Waals surface area (Å²) in [7, 11) is 0. The Morgan fingerprint density at radius 2 is 2.09 bits per heavy atom. The third kappa shape index (κ3) is 3.46. The van der Waals surface area contributed by atoms with E-state index < -0.39 is 0 Å². The molecule has 0 atom stereocenters. The lowest BCUT2D eigenvalue weighted by atomic mass is 10.2. The van der Waals surface area contributed by atoms with Crippen LogP contribution in [-0.2, 0) is 0 Å². The maximum Gasteiger partial charge on any atom is 0.257 e. The van der Waals surface area contributed by atoms with Crippen LogP contribution in [0.3, 0.4) is 0 Å². The Hall–Kier alpha value is -2.12. The molecule has 1 N–H and O–H groups in total. The van der Waals surface area contributed by atoms with Crippen molar-refractivity contribution in [2.75, 3.05) is 18.5 Å². The van der Waals surface area contributed by atoms with Crippen LogP contribution in [-0.4, -0.2) is 29.9 Å². The molecule has 0 fully saturated rings. The summed E-state index contributed by atoms with van der Waals surface area (Å²) < 4.78 is 11.1. The number of nitrogens with zero attached hydrogens (tertiary/aromatic N) is 1. The Kier molecular flexibility index (Phi) is 4.49. The zero-order chi connectivity index (χ0) is 16.4. The second kappa shape index (κ2) is 6.55. The molecular formula is C15H13ClN2O4S. The van der Waals surface area contributed by atoms with E-state index in [0.717, 1.165) is 6.42 Å². The van der Waals surface area contributed by atoms with Crippen LogP contribution in [0.4, 0.5) is 5.13 Å². The number of ether oxygens (including phenoxy) is 2. The average molecular weight is 353 g/mol. The first-order valence-electron chi connectivity index (χ1n) is 6.91. The van der Waals surface area contributed by atoms with Crippen LogP contribution < -0.4 is 14.8 Å². The number of nitrogens with one attached hydrogen (secondary N) is 1. The van der Waals surface area contributed by atoms with Gasteiger partial charge in [0.05, 0.1) is 18.2 Å². The number of amides is 1. The van der Waals surface area contributed by atoms with Crippen molar-refractivity contribution >= 4 is 39.8 Å². The summed E-state index contributed by atoms with van der Waals surface area (Å²) in [6, 6.07) is 3.10. The van der Waals surface area contributed by atoms with E-state index in [1.807, 2.05) is 0 Å². The summed E-state index contributed by atoms with van der Waals surface area (Å²) in [6.45, 7) is 2.44. The van der Waals surface area contributed by atoms with E-state index in [1.54, 1.807) is 11.4 Å². The molecule has 8 heteroatoms. The number of benzene rings is 1. The highest BCUT2D eigenvalue weighted by Crippen LogP contribution is 2.38. The molecule has 3 rings (SSSR count). The summed E-state index contributed by atoms with van der Waals surface area (Å²) in [5, 5.41) is 4.91. The molecule has 6 nitrogen and oxygen atoms in total. The fourth-order valence-electron chi connectivity index (χ4n) is 2.02. The van der Waals surface area contributed by atoms with Crippen molar-refractivity contribution in [3.63, 3.8) is 0 Å². The molecule has 1 amide bonds. The standard InChI is InChI=1S/C15H13ClN2O4S/c1-8(19)11-7-23-15(17-11)18-14(20)9-5-10(16)13-12(6-9)21-3-2-4-22-13/h5-7H,2-4H2,1H3,(H,17,18,20). The predicted molar refractivity (Wildman–Crippen MR) is 87.1 cm³/mol. The van der Waals surface area contributed by atoms with Gasteiger partial charge in [0.1, 0.15) is 5.69 Å². The van der Waals surface area contributed by atoms with E-state index in [2.05, 4.69) is 10.3 Å². The molecule has 1 aliphatic heterocycles. The first-order valence-corrected chi connectivity index (χ1v) is 8.17. The first kappa shape index (κ1) is 15.8. The summed E-state index contributed by atoms with van der Waals surface area (Å²) >= 11 is 7.35. The second-order valence-electron chi connectivity index (χ2n) is 4.88. The lowest BCUT2D eigenvalue weighted by molar-refractivity contribution is 0.100. The molecule has 120 valence electrons. The number of carbonyl (C=O) groups is 2. The van der Waals surface area contributed by atoms with Gasteiger partial charge < -0.3 is 9.47 Å². The summed E-state index contributed by atoms with van der Waals surface area (Å²) in [5.74, 6) is 0.366. The number of hydrogen-bond donors (Lipinski definition) is 1. The summed E-state index contributed by atoms with van der Waals surface area (Å²) in [5.41, 5.74) is 0.654. The lowest BCUT2D eigenvalue weighted by Crippen LogP contribution is -2.12. The zero-order valence-corrected chi connectivity index (χ0v) is 13.8. The number of ketones is 1. The Balaban J connectivity index is 1.83. The molecule has 0 unspecified atom stereocenters. The van der Waals surface area contributed by atoms with Crippen LogP contribution in [0.15, 0.2) is 17.5 Å². The van der Waals surface area contributed by atoms with E-state index >= 15 is 0 Å². The molecule has 1 aliphatic rings. The number of halogens is 1. The average Bonchev–Trinajstić information content (AvgIpc) is 2.84. The minimum atomic E-state index is -0.382. The second-order valence-corrected chi connectivity index (χ2v) is 6.15. The molecule has 1 aromatic carbocycles. The van der Waals surface area contributed by atoms with E-state index in [9.17, 15) is 9.59 Å². The van der Waals surface area contributed by atoms with Crippen LogP contribution in [0.2, 0.25) is 5.02 Å². The third-order valence-corrected chi connectivity index (χ3v) is 4.19. The highest BCUT2D eigenvalue weighted by atomic mass is 35.5. The van der Waals surface area contributed by atoms with E-state index in [4.69, 9.17) is 21.1 Å². The van der Waals surface area contributed by atoms with Gasteiger partial charge in [-0.25, -0.2) is 4.98 Å². The Morgan fingerprint density at radius 3 is 2.83 bits per heavy atom. The quantitative estimate of drug-likeness (QED) is 0.856. The maximum absolute atomic E-state index is 12.3. The van der Waals surface area contributed by atoms with Crippen LogP contribution in [0.25, 0.3) is 0 Å². The van der Waals surface area contributed by atoms with Gasteiger partial charge >= 0.3 is 0 Å². The van der Waals surface area contributed by atoms with Gasteiger partial charge in [-0.15, -0.1) is 11.3 Å². The van der Waals surface area contributed by atoms with Crippen molar-refractivity contribution in [1.82, 2.24) is 4.98 Å². The van der Waals surface area contributed by atoms with Gasteiger partial charge in [0.15, 0.2) is 22.4 Å². The molecule has 1 aromatic heterocycles. The number of anilines is 1.